The Hall–Kier alpha value is -2.76. The Labute approximate surface area is 173 Å². The number of nitrogens with zero attached hydrogens (tertiary/aromatic N) is 4. The highest BCUT2D eigenvalue weighted by atomic mass is 15.3. The lowest BCUT2D eigenvalue weighted by Gasteiger charge is -2.39. The summed E-state index contributed by atoms with van der Waals surface area (Å²) >= 11 is 0. The monoisotopic (exact) mass is 392 g/mol. The molecule has 3 heterocycles. The smallest absolute Gasteiger partial charge is 0.193 e. The van der Waals surface area contributed by atoms with Crippen LogP contribution in [0.25, 0.3) is 10.9 Å². The van der Waals surface area contributed by atoms with Gasteiger partial charge in [-0.2, -0.15) is 0 Å². The molecule has 2 atom stereocenters. The van der Waals surface area contributed by atoms with Gasteiger partial charge in [0.25, 0.3) is 0 Å². The van der Waals surface area contributed by atoms with Crippen molar-refractivity contribution in [3.63, 3.8) is 0 Å². The number of para-hydroxylation sites is 1. The third kappa shape index (κ3) is 4.16. The van der Waals surface area contributed by atoms with E-state index in [9.17, 15) is 0 Å². The predicted octanol–water partition coefficient (Wildman–Crippen LogP) is 3.76. The molecule has 0 aliphatic carbocycles. The van der Waals surface area contributed by atoms with Crippen LogP contribution in [-0.4, -0.2) is 51.6 Å². The number of hydrogen-bond acceptors (Lipinski definition) is 2. The topological polar surface area (TPSA) is 61.2 Å². The number of guanidine groups is 1. The van der Waals surface area contributed by atoms with Gasteiger partial charge in [-0.25, -0.2) is 4.98 Å². The van der Waals surface area contributed by atoms with Crippen LogP contribution in [0.4, 0.5) is 0 Å². The molecule has 2 unspecified atom stereocenters. The molecule has 154 valence electrons. The molecule has 0 bridgehead atoms. The average molecular weight is 393 g/mol. The van der Waals surface area contributed by atoms with E-state index in [1.54, 1.807) is 0 Å². The fourth-order valence-electron chi connectivity index (χ4n) is 4.37. The van der Waals surface area contributed by atoms with Crippen LogP contribution < -0.4 is 5.32 Å². The van der Waals surface area contributed by atoms with Crippen LogP contribution >= 0.6 is 0 Å². The molecule has 6 nitrogen and oxygen atoms in total. The summed E-state index contributed by atoms with van der Waals surface area (Å²) in [7, 11) is 0. The van der Waals surface area contributed by atoms with Gasteiger partial charge in [0, 0.05) is 55.7 Å². The van der Waals surface area contributed by atoms with E-state index in [2.05, 4.69) is 76.1 Å². The number of aromatic nitrogens is 3. The molecule has 6 heteroatoms. The van der Waals surface area contributed by atoms with Gasteiger partial charge in [-0.1, -0.05) is 25.1 Å². The first-order valence-corrected chi connectivity index (χ1v) is 10.7. The van der Waals surface area contributed by atoms with Crippen molar-refractivity contribution in [1.82, 2.24) is 24.8 Å². The first-order valence-electron chi connectivity index (χ1n) is 10.7. The number of H-pyrrole nitrogens is 1. The Balaban J connectivity index is 1.46. The minimum absolute atomic E-state index is 0.437. The molecule has 1 aromatic carbocycles. The average Bonchev–Trinajstić information content (AvgIpc) is 3.39. The number of aryl methyl sites for hydroxylation is 1. The number of rotatable bonds is 5. The van der Waals surface area contributed by atoms with Crippen LogP contribution in [0.3, 0.4) is 0 Å². The van der Waals surface area contributed by atoms with Crippen molar-refractivity contribution < 1.29 is 0 Å². The highest BCUT2D eigenvalue weighted by Crippen LogP contribution is 2.27. The molecular formula is C23H32N6. The second kappa shape index (κ2) is 8.72. The fourth-order valence-corrected chi connectivity index (χ4v) is 4.37. The first-order chi connectivity index (χ1) is 14.2. The van der Waals surface area contributed by atoms with E-state index in [0.717, 1.165) is 45.0 Å². The Bertz CT molecular complexity index is 955. The zero-order chi connectivity index (χ0) is 20.2. The molecule has 0 amide bonds. The number of piperidine rings is 1. The van der Waals surface area contributed by atoms with Gasteiger partial charge in [0.05, 0.1) is 12.4 Å². The maximum absolute atomic E-state index is 4.97. The molecule has 1 fully saturated rings. The summed E-state index contributed by atoms with van der Waals surface area (Å²) in [5.74, 6) is 1.67. The number of likely N-dealkylation sites (tertiary alicyclic amines) is 1. The van der Waals surface area contributed by atoms with Crippen molar-refractivity contribution in [1.29, 1.82) is 0 Å². The fraction of sp³-hybridized carbons (Fsp3) is 0.478. The van der Waals surface area contributed by atoms with Crippen LogP contribution in [0, 0.1) is 12.8 Å². The van der Waals surface area contributed by atoms with E-state index in [4.69, 9.17) is 4.99 Å². The van der Waals surface area contributed by atoms with Crippen molar-refractivity contribution in [2.45, 2.75) is 39.7 Å². The number of fused-ring (bicyclic) bond motifs is 1. The lowest BCUT2D eigenvalue weighted by atomic mass is 9.93. The molecule has 0 radical (unpaired) electrons. The molecule has 2 aromatic heterocycles. The molecule has 1 aliphatic rings. The summed E-state index contributed by atoms with van der Waals surface area (Å²) in [6, 6.07) is 6.92. The van der Waals surface area contributed by atoms with Gasteiger partial charge in [-0.15, -0.1) is 0 Å². The predicted molar refractivity (Wildman–Crippen MR) is 119 cm³/mol. The maximum atomic E-state index is 4.97. The Morgan fingerprint density at radius 2 is 2.28 bits per heavy atom. The summed E-state index contributed by atoms with van der Waals surface area (Å²) in [5, 5.41) is 4.82. The van der Waals surface area contributed by atoms with Crippen LogP contribution in [-0.2, 0) is 6.42 Å². The van der Waals surface area contributed by atoms with E-state index in [1.807, 2.05) is 12.5 Å². The second-order valence-corrected chi connectivity index (χ2v) is 8.09. The highest BCUT2D eigenvalue weighted by molar-refractivity contribution is 5.86. The number of aromatic amines is 1. The van der Waals surface area contributed by atoms with Crippen molar-refractivity contribution in [3.05, 3.63) is 54.2 Å². The van der Waals surface area contributed by atoms with E-state index in [-0.39, 0.29) is 0 Å². The lowest BCUT2D eigenvalue weighted by molar-refractivity contribution is 0.189. The number of nitrogens with one attached hydrogen (secondary N) is 2. The summed E-state index contributed by atoms with van der Waals surface area (Å²) < 4.78 is 2.24. The summed E-state index contributed by atoms with van der Waals surface area (Å²) in [4.78, 5) is 15.1. The second-order valence-electron chi connectivity index (χ2n) is 8.09. The molecular weight excluding hydrogens is 360 g/mol. The van der Waals surface area contributed by atoms with E-state index in [1.165, 1.54) is 22.0 Å². The molecule has 1 aliphatic heterocycles. The zero-order valence-corrected chi connectivity index (χ0v) is 17.7. The van der Waals surface area contributed by atoms with Crippen LogP contribution in [0.15, 0.2) is 48.1 Å². The van der Waals surface area contributed by atoms with E-state index < -0.39 is 0 Å². The lowest BCUT2D eigenvalue weighted by Crippen LogP contribution is -2.49. The molecule has 29 heavy (non-hydrogen) atoms. The molecule has 2 N–H and O–H groups in total. The molecule has 1 saturated heterocycles. The largest absolute Gasteiger partial charge is 0.361 e. The van der Waals surface area contributed by atoms with Crippen LogP contribution in [0.2, 0.25) is 0 Å². The van der Waals surface area contributed by atoms with E-state index >= 15 is 0 Å². The molecule has 4 rings (SSSR count). The normalized spacial score (nSPS) is 20.4. The van der Waals surface area contributed by atoms with Crippen LogP contribution in [0.5, 0.6) is 0 Å². The third-order valence-corrected chi connectivity index (χ3v) is 6.11. The van der Waals surface area contributed by atoms with Gasteiger partial charge in [-0.3, -0.25) is 4.99 Å². The van der Waals surface area contributed by atoms with Gasteiger partial charge in [0.1, 0.15) is 0 Å². The molecule has 0 spiro atoms. The quantitative estimate of drug-likeness (QED) is 0.513. The van der Waals surface area contributed by atoms with Crippen molar-refractivity contribution in [2.24, 2.45) is 10.9 Å². The van der Waals surface area contributed by atoms with Gasteiger partial charge >= 0.3 is 0 Å². The van der Waals surface area contributed by atoms with Gasteiger partial charge in [0.15, 0.2) is 5.96 Å². The molecule has 3 aromatic rings. The Morgan fingerprint density at radius 1 is 1.38 bits per heavy atom. The SMILES string of the molecule is CCNC(=NCCc1c[nH]c2c(C)cccc12)N1CCC(C)C(n2ccnc2)C1. The summed E-state index contributed by atoms with van der Waals surface area (Å²) in [5.41, 5.74) is 3.87. The highest BCUT2D eigenvalue weighted by Gasteiger charge is 2.28. The third-order valence-electron chi connectivity index (χ3n) is 6.11. The number of benzene rings is 1. The Morgan fingerprint density at radius 3 is 3.07 bits per heavy atom. The first kappa shape index (κ1) is 19.6. The maximum Gasteiger partial charge on any atom is 0.193 e. The van der Waals surface area contributed by atoms with Gasteiger partial charge in [-0.05, 0) is 43.7 Å². The number of hydrogen-bond donors (Lipinski definition) is 2. The summed E-state index contributed by atoms with van der Waals surface area (Å²) in [6.45, 7) is 10.3. The van der Waals surface area contributed by atoms with Gasteiger partial charge < -0.3 is 19.8 Å². The van der Waals surface area contributed by atoms with Crippen molar-refractivity contribution >= 4 is 16.9 Å². The van der Waals surface area contributed by atoms with E-state index in [0.29, 0.717) is 12.0 Å². The van der Waals surface area contributed by atoms with Crippen molar-refractivity contribution in [2.75, 3.05) is 26.2 Å². The standard InChI is InChI=1S/C23H32N6/c1-4-25-23(28-12-9-17(2)21(15-28)29-13-11-24-16-29)26-10-8-19-14-27-22-18(3)6-5-7-20(19)22/h5-7,11,13-14,16-17,21,27H,4,8-10,12,15H2,1-3H3,(H,25,26). The van der Waals surface area contributed by atoms with Crippen molar-refractivity contribution in [3.8, 4) is 0 Å². The van der Waals surface area contributed by atoms with Gasteiger partial charge in [0.2, 0.25) is 0 Å². The minimum atomic E-state index is 0.437. The summed E-state index contributed by atoms with van der Waals surface area (Å²) in [6.07, 6.45) is 10.1. The molecule has 0 saturated carbocycles. The number of imidazole rings is 1. The Kier molecular flexibility index (Phi) is 5.88. The van der Waals surface area contributed by atoms with Crippen LogP contribution in [0.1, 0.15) is 37.4 Å². The number of aliphatic imine (C=N–C) groups is 1. The minimum Gasteiger partial charge on any atom is -0.361 e. The zero-order valence-electron chi connectivity index (χ0n) is 17.7.